The summed E-state index contributed by atoms with van der Waals surface area (Å²) in [7, 11) is 0. The van der Waals surface area contributed by atoms with Crippen LogP contribution in [0.5, 0.6) is 0 Å². The first kappa shape index (κ1) is 16.1. The molecule has 0 saturated heterocycles. The average Bonchev–Trinajstić information content (AvgIpc) is 2.35. The molecule has 0 aromatic heterocycles. The number of unbranched alkanes of at least 4 members (excludes halogenated alkanes) is 8. The van der Waals surface area contributed by atoms with Gasteiger partial charge in [0.15, 0.2) is 0 Å². The normalized spacial score (nSPS) is 9.06. The van der Waals surface area contributed by atoms with Gasteiger partial charge in [0.05, 0.1) is 6.42 Å². The molecule has 95 valence electrons. The molecule has 0 saturated carbocycles. The van der Waals surface area contributed by atoms with Gasteiger partial charge in [-0.25, -0.2) is 0 Å². The highest BCUT2D eigenvalue weighted by atomic mass is 13.9. The Morgan fingerprint density at radius 3 is 1.88 bits per heavy atom. The minimum absolute atomic E-state index is 0.755. The molecular weight excluding hydrogens is 204 g/mol. The van der Waals surface area contributed by atoms with E-state index in [1.54, 1.807) is 0 Å². The summed E-state index contributed by atoms with van der Waals surface area (Å²) in [5, 5.41) is 0. The van der Waals surface area contributed by atoms with Gasteiger partial charge in [0, 0.05) is 12.8 Å². The molecule has 0 aliphatic carbocycles. The molecule has 0 N–H and O–H groups in total. The van der Waals surface area contributed by atoms with Crippen LogP contribution in [0.3, 0.4) is 0 Å². The molecule has 0 aromatic carbocycles. The molecule has 0 aromatic rings. The molecule has 0 nitrogen and oxygen atoms in total. The fraction of sp³-hybridized carbons (Fsp3) is 0.706. The minimum atomic E-state index is 0.755. The highest BCUT2D eigenvalue weighted by Crippen LogP contribution is 2.03. The van der Waals surface area contributed by atoms with E-state index in [9.17, 15) is 0 Å². The molecule has 0 fully saturated rings. The van der Waals surface area contributed by atoms with E-state index < -0.39 is 0 Å². The van der Waals surface area contributed by atoms with Crippen molar-refractivity contribution in [2.75, 3.05) is 0 Å². The summed E-state index contributed by atoms with van der Waals surface area (Å²) in [6, 6.07) is 0. The molecule has 0 aliphatic rings. The van der Waals surface area contributed by atoms with Crippen LogP contribution in [0.2, 0.25) is 0 Å². The number of hydrogen-bond donors (Lipinski definition) is 0. The standard InChI is InChI=1S/C17H27/c1-3-5-7-9-11-13-15-17-16-14-12-10-8-6-4-2/h1,3-11,13,16H2,2H3. The lowest BCUT2D eigenvalue weighted by molar-refractivity contribution is 0.655. The van der Waals surface area contributed by atoms with E-state index in [0.717, 1.165) is 25.7 Å². The lowest BCUT2D eigenvalue weighted by Crippen LogP contribution is -1.76. The van der Waals surface area contributed by atoms with Gasteiger partial charge in [-0.15, -0.1) is 11.8 Å². The smallest absolute Gasteiger partial charge is 0.0702 e. The van der Waals surface area contributed by atoms with Crippen LogP contribution in [0.4, 0.5) is 0 Å². The zero-order chi connectivity index (χ0) is 12.6. The van der Waals surface area contributed by atoms with E-state index in [1.807, 2.05) is 0 Å². The maximum absolute atomic E-state index is 3.84. The molecule has 0 bridgehead atoms. The highest BCUT2D eigenvalue weighted by molar-refractivity contribution is 5.11. The van der Waals surface area contributed by atoms with Crippen LogP contribution >= 0.6 is 0 Å². The largest absolute Gasteiger partial charge is 0.102 e. The quantitative estimate of drug-likeness (QED) is 0.401. The van der Waals surface area contributed by atoms with Crippen LogP contribution in [-0.4, -0.2) is 0 Å². The van der Waals surface area contributed by atoms with Gasteiger partial charge in [-0.3, -0.25) is 0 Å². The topological polar surface area (TPSA) is 0 Å². The third-order valence-corrected chi connectivity index (χ3v) is 2.63. The van der Waals surface area contributed by atoms with E-state index >= 15 is 0 Å². The van der Waals surface area contributed by atoms with E-state index in [-0.39, 0.29) is 0 Å². The Morgan fingerprint density at radius 2 is 1.29 bits per heavy atom. The molecular formula is C17H27. The lowest BCUT2D eigenvalue weighted by atomic mass is 10.1. The summed E-state index contributed by atoms with van der Waals surface area (Å²) in [5.41, 5.74) is 0. The van der Waals surface area contributed by atoms with Gasteiger partial charge < -0.3 is 0 Å². The Kier molecular flexibility index (Phi) is 14.3. The third-order valence-electron chi connectivity index (χ3n) is 2.63. The Balaban J connectivity index is 3.24. The van der Waals surface area contributed by atoms with Crippen molar-refractivity contribution in [2.45, 2.75) is 77.6 Å². The van der Waals surface area contributed by atoms with Crippen molar-refractivity contribution in [3.63, 3.8) is 0 Å². The van der Waals surface area contributed by atoms with Crippen molar-refractivity contribution < 1.29 is 0 Å². The van der Waals surface area contributed by atoms with Gasteiger partial charge in [0.25, 0.3) is 0 Å². The molecule has 0 amide bonds. The first-order valence-electron chi connectivity index (χ1n) is 7.12. The Morgan fingerprint density at radius 1 is 0.706 bits per heavy atom. The molecule has 0 rings (SSSR count). The molecule has 0 atom stereocenters. The van der Waals surface area contributed by atoms with Gasteiger partial charge in [0.2, 0.25) is 0 Å². The molecule has 0 heterocycles. The maximum Gasteiger partial charge on any atom is 0.0702 e. The van der Waals surface area contributed by atoms with Gasteiger partial charge in [-0.1, -0.05) is 64.2 Å². The molecule has 0 aliphatic heterocycles. The summed E-state index contributed by atoms with van der Waals surface area (Å²) in [4.78, 5) is 0. The van der Waals surface area contributed by atoms with Crippen molar-refractivity contribution in [3.05, 3.63) is 6.92 Å². The van der Waals surface area contributed by atoms with Crippen LogP contribution in [-0.2, 0) is 0 Å². The predicted octanol–water partition coefficient (Wildman–Crippen LogP) is 5.14. The fourth-order valence-electron chi connectivity index (χ4n) is 1.55. The highest BCUT2D eigenvalue weighted by Gasteiger charge is 1.85. The summed E-state index contributed by atoms with van der Waals surface area (Å²) in [5.74, 6) is 12.6. The SMILES string of the molecule is [CH2]CCCCCCC#CCC#CCCCCC. The molecule has 17 heavy (non-hydrogen) atoms. The maximum atomic E-state index is 3.84. The molecule has 0 heteroatoms. The first-order chi connectivity index (χ1) is 8.41. The van der Waals surface area contributed by atoms with E-state index in [0.29, 0.717) is 0 Å². The van der Waals surface area contributed by atoms with E-state index in [1.165, 1.54) is 44.9 Å². The summed E-state index contributed by atoms with van der Waals surface area (Å²) in [6.07, 6.45) is 12.8. The summed E-state index contributed by atoms with van der Waals surface area (Å²) < 4.78 is 0. The third kappa shape index (κ3) is 15.1. The van der Waals surface area contributed by atoms with E-state index in [2.05, 4.69) is 37.5 Å². The number of rotatable bonds is 8. The zero-order valence-corrected chi connectivity index (χ0v) is 11.5. The molecule has 1 radical (unpaired) electrons. The molecule has 0 unspecified atom stereocenters. The van der Waals surface area contributed by atoms with Crippen LogP contribution in [0.15, 0.2) is 0 Å². The minimum Gasteiger partial charge on any atom is -0.102 e. The second kappa shape index (κ2) is 15.1. The van der Waals surface area contributed by atoms with Crippen molar-refractivity contribution in [1.82, 2.24) is 0 Å². The van der Waals surface area contributed by atoms with Gasteiger partial charge in [0.1, 0.15) is 0 Å². The van der Waals surface area contributed by atoms with Crippen molar-refractivity contribution in [3.8, 4) is 23.7 Å². The van der Waals surface area contributed by atoms with Gasteiger partial charge in [-0.05, 0) is 12.8 Å². The molecule has 0 spiro atoms. The zero-order valence-electron chi connectivity index (χ0n) is 11.5. The Labute approximate surface area is 109 Å². The second-order valence-corrected chi connectivity index (χ2v) is 4.36. The van der Waals surface area contributed by atoms with Crippen LogP contribution in [0.1, 0.15) is 77.6 Å². The van der Waals surface area contributed by atoms with Crippen molar-refractivity contribution >= 4 is 0 Å². The number of hydrogen-bond acceptors (Lipinski definition) is 0. The van der Waals surface area contributed by atoms with Gasteiger partial charge in [-0.2, -0.15) is 0 Å². The van der Waals surface area contributed by atoms with E-state index in [4.69, 9.17) is 0 Å². The van der Waals surface area contributed by atoms with Crippen molar-refractivity contribution in [1.29, 1.82) is 0 Å². The first-order valence-corrected chi connectivity index (χ1v) is 7.12. The van der Waals surface area contributed by atoms with Crippen LogP contribution in [0.25, 0.3) is 0 Å². The summed E-state index contributed by atoms with van der Waals surface area (Å²) in [6.45, 7) is 6.05. The van der Waals surface area contributed by atoms with Gasteiger partial charge >= 0.3 is 0 Å². The van der Waals surface area contributed by atoms with Crippen LogP contribution in [0, 0.1) is 30.6 Å². The van der Waals surface area contributed by atoms with Crippen molar-refractivity contribution in [2.24, 2.45) is 0 Å². The summed E-state index contributed by atoms with van der Waals surface area (Å²) >= 11 is 0. The fourth-order valence-corrected chi connectivity index (χ4v) is 1.55. The Hall–Kier alpha value is -0.880. The predicted molar refractivity (Wildman–Crippen MR) is 77.4 cm³/mol. The second-order valence-electron chi connectivity index (χ2n) is 4.36. The average molecular weight is 231 g/mol. The van der Waals surface area contributed by atoms with Crippen LogP contribution < -0.4 is 0 Å². The Bertz CT molecular complexity index is 253. The monoisotopic (exact) mass is 231 g/mol. The lowest BCUT2D eigenvalue weighted by Gasteiger charge is -1.94.